The van der Waals surface area contributed by atoms with Crippen LogP contribution in [-0.2, 0) is 22.6 Å². The smallest absolute Gasteiger partial charge is 0.242 e. The molecule has 1 atom stereocenters. The molecule has 154 valence electrons. The normalized spacial score (nSPS) is 13.5. The minimum atomic E-state index is -0.547. The van der Waals surface area contributed by atoms with Crippen LogP contribution in [0.1, 0.15) is 30.0 Å². The Morgan fingerprint density at radius 2 is 1.69 bits per heavy atom. The van der Waals surface area contributed by atoms with Crippen LogP contribution in [0.25, 0.3) is 0 Å². The van der Waals surface area contributed by atoms with Crippen LogP contribution in [0.2, 0.25) is 0 Å². The van der Waals surface area contributed by atoms with E-state index < -0.39 is 6.04 Å². The number of carbonyl (C=O) groups excluding carboxylic acids is 2. The number of amides is 2. The van der Waals surface area contributed by atoms with Gasteiger partial charge in [0.25, 0.3) is 0 Å². The third-order valence-electron chi connectivity index (χ3n) is 5.12. The molecule has 1 aliphatic rings. The summed E-state index contributed by atoms with van der Waals surface area (Å²) in [5, 5.41) is 2.64. The van der Waals surface area contributed by atoms with Gasteiger partial charge in [-0.25, -0.2) is 0 Å². The Balaban J connectivity index is 1.70. The first-order chi connectivity index (χ1) is 14.0. The van der Waals surface area contributed by atoms with Gasteiger partial charge < -0.3 is 19.7 Å². The monoisotopic (exact) mass is 396 g/mol. The largest absolute Gasteiger partial charge is 0.486 e. The molecule has 6 heteroatoms. The van der Waals surface area contributed by atoms with Crippen LogP contribution >= 0.6 is 0 Å². The van der Waals surface area contributed by atoms with Gasteiger partial charge in [0.2, 0.25) is 11.8 Å². The Kier molecular flexibility index (Phi) is 6.75. The molecule has 0 fully saturated rings. The van der Waals surface area contributed by atoms with Crippen molar-refractivity contribution in [1.82, 2.24) is 10.2 Å². The second-order valence-corrected chi connectivity index (χ2v) is 7.28. The van der Waals surface area contributed by atoms with Crippen LogP contribution in [-0.4, -0.2) is 43.0 Å². The maximum Gasteiger partial charge on any atom is 0.242 e. The molecular weight excluding hydrogens is 368 g/mol. The number of rotatable bonds is 7. The number of nitrogens with one attached hydrogen (secondary N) is 1. The highest BCUT2D eigenvalue weighted by Crippen LogP contribution is 2.31. The fourth-order valence-corrected chi connectivity index (χ4v) is 3.32. The molecule has 6 nitrogen and oxygen atoms in total. The number of benzene rings is 2. The second-order valence-electron chi connectivity index (χ2n) is 7.28. The van der Waals surface area contributed by atoms with Gasteiger partial charge in [0.1, 0.15) is 19.3 Å². The lowest BCUT2D eigenvalue weighted by atomic mass is 10.1. The average Bonchev–Trinajstić information content (AvgIpc) is 2.75. The van der Waals surface area contributed by atoms with Crippen molar-refractivity contribution in [1.29, 1.82) is 0 Å². The first kappa shape index (κ1) is 20.7. The first-order valence-corrected chi connectivity index (χ1v) is 9.93. The van der Waals surface area contributed by atoms with Crippen molar-refractivity contribution in [2.75, 3.05) is 20.3 Å². The zero-order chi connectivity index (χ0) is 20.8. The fraction of sp³-hybridized carbons (Fsp3) is 0.391. The molecule has 0 aromatic heterocycles. The minimum absolute atomic E-state index is 0.0587. The first-order valence-electron chi connectivity index (χ1n) is 9.93. The molecule has 2 aromatic carbocycles. The predicted octanol–water partition coefficient (Wildman–Crippen LogP) is 2.86. The molecular formula is C23H28N2O4. The van der Waals surface area contributed by atoms with Crippen LogP contribution in [0.5, 0.6) is 11.5 Å². The van der Waals surface area contributed by atoms with Crippen LogP contribution in [0.3, 0.4) is 0 Å². The summed E-state index contributed by atoms with van der Waals surface area (Å²) in [6, 6.07) is 13.2. The molecule has 1 unspecified atom stereocenters. The summed E-state index contributed by atoms with van der Waals surface area (Å²) in [6.45, 7) is 5.26. The van der Waals surface area contributed by atoms with Crippen LogP contribution in [0.4, 0.5) is 0 Å². The highest BCUT2D eigenvalue weighted by molar-refractivity contribution is 5.87. The lowest BCUT2D eigenvalue weighted by Crippen LogP contribution is -2.46. The predicted molar refractivity (Wildman–Crippen MR) is 111 cm³/mol. The van der Waals surface area contributed by atoms with Gasteiger partial charge in [0, 0.05) is 20.0 Å². The maximum atomic E-state index is 13.0. The van der Waals surface area contributed by atoms with Crippen molar-refractivity contribution in [2.45, 2.75) is 39.3 Å². The minimum Gasteiger partial charge on any atom is -0.486 e. The highest BCUT2D eigenvalue weighted by Gasteiger charge is 2.25. The summed E-state index contributed by atoms with van der Waals surface area (Å²) in [6.07, 6.45) is 0.882. The number of aryl methyl sites for hydroxylation is 2. The number of nitrogens with zero attached hydrogens (tertiary/aromatic N) is 1. The summed E-state index contributed by atoms with van der Waals surface area (Å²) >= 11 is 0. The van der Waals surface area contributed by atoms with Crippen LogP contribution in [0, 0.1) is 6.92 Å². The average molecular weight is 396 g/mol. The van der Waals surface area contributed by atoms with Crippen molar-refractivity contribution in [3.63, 3.8) is 0 Å². The van der Waals surface area contributed by atoms with Crippen LogP contribution in [0.15, 0.2) is 42.5 Å². The molecule has 1 aliphatic heterocycles. The van der Waals surface area contributed by atoms with Gasteiger partial charge in [-0.3, -0.25) is 9.59 Å². The summed E-state index contributed by atoms with van der Waals surface area (Å²) < 4.78 is 11.2. The highest BCUT2D eigenvalue weighted by atomic mass is 16.6. The Morgan fingerprint density at radius 3 is 2.38 bits per heavy atom. The van der Waals surface area contributed by atoms with E-state index in [1.165, 1.54) is 0 Å². The van der Waals surface area contributed by atoms with Gasteiger partial charge in [0.05, 0.1) is 0 Å². The van der Waals surface area contributed by atoms with E-state index in [9.17, 15) is 9.59 Å². The number of hydrogen-bond donors (Lipinski definition) is 1. The van der Waals surface area contributed by atoms with E-state index in [0.717, 1.165) is 28.2 Å². The molecule has 0 aliphatic carbocycles. The van der Waals surface area contributed by atoms with Crippen molar-refractivity contribution in [3.05, 3.63) is 59.2 Å². The van der Waals surface area contributed by atoms with E-state index >= 15 is 0 Å². The lowest BCUT2D eigenvalue weighted by molar-refractivity contribution is -0.140. The molecule has 0 spiro atoms. The quantitative estimate of drug-likeness (QED) is 0.782. The lowest BCUT2D eigenvalue weighted by Gasteiger charge is -2.28. The van der Waals surface area contributed by atoms with Gasteiger partial charge in [-0.2, -0.15) is 0 Å². The van der Waals surface area contributed by atoms with Gasteiger partial charge in [-0.1, -0.05) is 35.9 Å². The number of carbonyl (C=O) groups is 2. The molecule has 0 bridgehead atoms. The van der Waals surface area contributed by atoms with Crippen LogP contribution < -0.4 is 14.8 Å². The van der Waals surface area contributed by atoms with Crippen molar-refractivity contribution in [2.24, 2.45) is 0 Å². The summed E-state index contributed by atoms with van der Waals surface area (Å²) in [4.78, 5) is 26.9. The molecule has 1 heterocycles. The van der Waals surface area contributed by atoms with E-state index in [4.69, 9.17) is 9.47 Å². The van der Waals surface area contributed by atoms with Gasteiger partial charge in [0.15, 0.2) is 11.5 Å². The van der Waals surface area contributed by atoms with E-state index in [1.54, 1.807) is 18.9 Å². The van der Waals surface area contributed by atoms with Gasteiger partial charge >= 0.3 is 0 Å². The van der Waals surface area contributed by atoms with E-state index in [2.05, 4.69) is 5.32 Å². The Labute approximate surface area is 171 Å². The topological polar surface area (TPSA) is 67.9 Å². The van der Waals surface area contributed by atoms with Crippen molar-refractivity contribution in [3.8, 4) is 11.5 Å². The SMILES string of the molecule is CNC(=O)C(C)N(Cc1ccc(C)cc1)C(=O)CCc1ccc2c(c1)OCCO2. The molecule has 0 saturated heterocycles. The van der Waals surface area contributed by atoms with E-state index in [1.807, 2.05) is 49.4 Å². The molecule has 0 radical (unpaired) electrons. The third-order valence-corrected chi connectivity index (χ3v) is 5.12. The van der Waals surface area contributed by atoms with E-state index in [-0.39, 0.29) is 11.8 Å². The molecule has 3 rings (SSSR count). The van der Waals surface area contributed by atoms with Gasteiger partial charge in [-0.15, -0.1) is 0 Å². The van der Waals surface area contributed by atoms with Gasteiger partial charge in [-0.05, 0) is 43.5 Å². The number of hydrogen-bond acceptors (Lipinski definition) is 4. The number of likely N-dealkylation sites (N-methyl/N-ethyl adjacent to an activating group) is 1. The Bertz CT molecular complexity index is 864. The summed E-state index contributed by atoms with van der Waals surface area (Å²) in [5.41, 5.74) is 3.16. The van der Waals surface area contributed by atoms with Crippen molar-refractivity contribution < 1.29 is 19.1 Å². The number of fused-ring (bicyclic) bond motifs is 1. The standard InChI is InChI=1S/C23H28N2O4/c1-16-4-6-19(7-5-16)15-25(17(2)23(27)24-3)22(26)11-9-18-8-10-20-21(14-18)29-13-12-28-20/h4-8,10,14,17H,9,11-13,15H2,1-3H3,(H,24,27). The van der Waals surface area contributed by atoms with E-state index in [0.29, 0.717) is 32.6 Å². The number of ether oxygens (including phenoxy) is 2. The molecule has 2 aromatic rings. The Morgan fingerprint density at radius 1 is 1.03 bits per heavy atom. The van der Waals surface area contributed by atoms with Crippen molar-refractivity contribution >= 4 is 11.8 Å². The Hall–Kier alpha value is -3.02. The zero-order valence-electron chi connectivity index (χ0n) is 17.2. The molecule has 2 amide bonds. The summed E-state index contributed by atoms with van der Waals surface area (Å²) in [5.74, 6) is 1.22. The second kappa shape index (κ2) is 9.45. The fourth-order valence-electron chi connectivity index (χ4n) is 3.32. The summed E-state index contributed by atoms with van der Waals surface area (Å²) in [7, 11) is 1.59. The molecule has 0 saturated carbocycles. The third kappa shape index (κ3) is 5.28. The zero-order valence-corrected chi connectivity index (χ0v) is 17.2. The maximum absolute atomic E-state index is 13.0. The molecule has 1 N–H and O–H groups in total. The molecule has 29 heavy (non-hydrogen) atoms.